The predicted molar refractivity (Wildman–Crippen MR) is 63.9 cm³/mol. The van der Waals surface area contributed by atoms with E-state index >= 15 is 0 Å². The summed E-state index contributed by atoms with van der Waals surface area (Å²) in [6.45, 7) is 3.70. The summed E-state index contributed by atoms with van der Waals surface area (Å²) in [7, 11) is 0. The van der Waals surface area contributed by atoms with Crippen LogP contribution in [0.4, 0.5) is 4.39 Å². The summed E-state index contributed by atoms with van der Waals surface area (Å²) in [6.07, 6.45) is 0.789. The first-order valence-electron chi connectivity index (χ1n) is 5.60. The number of halogens is 1. The van der Waals surface area contributed by atoms with Crippen molar-refractivity contribution >= 4 is 0 Å². The van der Waals surface area contributed by atoms with Gasteiger partial charge < -0.3 is 10.3 Å². The molecule has 0 aliphatic rings. The number of nitrogens with two attached hydrogens (primary N) is 1. The Hall–Kier alpha value is -1.68. The Kier molecular flexibility index (Phi) is 3.24. The van der Waals surface area contributed by atoms with Gasteiger partial charge in [-0.15, -0.1) is 0 Å². The van der Waals surface area contributed by atoms with Gasteiger partial charge in [0.1, 0.15) is 11.5 Å². The summed E-state index contributed by atoms with van der Waals surface area (Å²) in [5.74, 6) is 0.437. The summed E-state index contributed by atoms with van der Waals surface area (Å²) in [6, 6.07) is 6.52. The predicted octanol–water partition coefficient (Wildman–Crippen LogP) is 3.20. The van der Waals surface area contributed by atoms with E-state index in [1.807, 2.05) is 6.92 Å². The van der Waals surface area contributed by atoms with Crippen molar-refractivity contribution in [1.29, 1.82) is 0 Å². The molecule has 0 bridgehead atoms. The summed E-state index contributed by atoms with van der Waals surface area (Å²) in [5.41, 5.74) is 7.96. The van der Waals surface area contributed by atoms with Gasteiger partial charge in [0.05, 0.1) is 6.04 Å². The van der Waals surface area contributed by atoms with Gasteiger partial charge in [0.25, 0.3) is 0 Å². The van der Waals surface area contributed by atoms with Crippen LogP contribution < -0.4 is 5.73 Å². The molecule has 0 spiro atoms. The Morgan fingerprint density at radius 3 is 2.82 bits per heavy atom. The van der Waals surface area contributed by atoms with E-state index in [0.29, 0.717) is 17.0 Å². The Labute approximate surface area is 99.4 Å². The molecule has 1 aromatic carbocycles. The molecule has 0 amide bonds. The summed E-state index contributed by atoms with van der Waals surface area (Å²) < 4.78 is 18.3. The van der Waals surface area contributed by atoms with Crippen molar-refractivity contribution in [2.45, 2.75) is 26.3 Å². The van der Waals surface area contributed by atoms with Crippen LogP contribution in [0.1, 0.15) is 30.7 Å². The average molecular weight is 234 g/mol. The fourth-order valence-electron chi connectivity index (χ4n) is 1.61. The van der Waals surface area contributed by atoms with Gasteiger partial charge in [-0.25, -0.2) is 4.39 Å². The molecule has 0 aliphatic carbocycles. The molecule has 0 aliphatic heterocycles. The monoisotopic (exact) mass is 234 g/mol. The topological polar surface area (TPSA) is 52.0 Å². The number of hydrogen-bond acceptors (Lipinski definition) is 3. The first-order chi connectivity index (χ1) is 8.11. The molecule has 0 radical (unpaired) electrons. The number of hydrogen-bond donors (Lipinski definition) is 1. The molecule has 1 aromatic heterocycles. The van der Waals surface area contributed by atoms with Crippen molar-refractivity contribution in [2.24, 2.45) is 5.73 Å². The van der Waals surface area contributed by atoms with Crippen molar-refractivity contribution in [3.05, 3.63) is 41.4 Å². The molecule has 1 atom stereocenters. The molecule has 4 heteroatoms. The Morgan fingerprint density at radius 1 is 1.41 bits per heavy atom. The normalized spacial score (nSPS) is 12.7. The third kappa shape index (κ3) is 2.36. The number of aromatic nitrogens is 1. The summed E-state index contributed by atoms with van der Waals surface area (Å²) in [5, 5.41) is 3.95. The summed E-state index contributed by atoms with van der Waals surface area (Å²) in [4.78, 5) is 0. The van der Waals surface area contributed by atoms with Crippen LogP contribution in [0, 0.1) is 12.7 Å². The van der Waals surface area contributed by atoms with Crippen LogP contribution in [0.3, 0.4) is 0 Å². The standard InChI is InChI=1S/C13H15FN2O/c1-3-11(15)13-7-12(16-17-13)9-4-5-10(14)8(2)6-9/h4-7,11H,3,15H2,1-2H3. The lowest BCUT2D eigenvalue weighted by molar-refractivity contribution is 0.360. The molecule has 2 N–H and O–H groups in total. The molecule has 0 saturated carbocycles. The van der Waals surface area contributed by atoms with E-state index in [-0.39, 0.29) is 11.9 Å². The summed E-state index contributed by atoms with van der Waals surface area (Å²) >= 11 is 0. The fraction of sp³-hybridized carbons (Fsp3) is 0.308. The Morgan fingerprint density at radius 2 is 2.18 bits per heavy atom. The molecule has 3 nitrogen and oxygen atoms in total. The molecule has 0 fully saturated rings. The maximum atomic E-state index is 13.1. The second-order valence-electron chi connectivity index (χ2n) is 4.09. The molecule has 2 aromatic rings. The van der Waals surface area contributed by atoms with E-state index in [0.717, 1.165) is 12.0 Å². The SMILES string of the molecule is CCC(N)c1cc(-c2ccc(F)c(C)c2)no1. The highest BCUT2D eigenvalue weighted by molar-refractivity contribution is 5.60. The van der Waals surface area contributed by atoms with E-state index in [1.165, 1.54) is 6.07 Å². The Bertz CT molecular complexity index is 522. The molecule has 2 rings (SSSR count). The van der Waals surface area contributed by atoms with E-state index < -0.39 is 0 Å². The van der Waals surface area contributed by atoms with Gasteiger partial charge in [0.15, 0.2) is 5.76 Å². The lowest BCUT2D eigenvalue weighted by atomic mass is 10.1. The minimum atomic E-state index is -0.220. The number of aryl methyl sites for hydroxylation is 1. The Balaban J connectivity index is 2.33. The molecule has 90 valence electrons. The number of benzene rings is 1. The average Bonchev–Trinajstić information content (AvgIpc) is 2.81. The minimum absolute atomic E-state index is 0.141. The first kappa shape index (κ1) is 11.8. The van der Waals surface area contributed by atoms with E-state index in [2.05, 4.69) is 5.16 Å². The zero-order chi connectivity index (χ0) is 12.4. The molecule has 0 saturated heterocycles. The number of rotatable bonds is 3. The van der Waals surface area contributed by atoms with Crippen LogP contribution in [-0.2, 0) is 0 Å². The zero-order valence-electron chi connectivity index (χ0n) is 9.90. The number of nitrogens with zero attached hydrogens (tertiary/aromatic N) is 1. The van der Waals surface area contributed by atoms with Crippen LogP contribution in [0.25, 0.3) is 11.3 Å². The van der Waals surface area contributed by atoms with E-state index in [4.69, 9.17) is 10.3 Å². The lowest BCUT2D eigenvalue weighted by Gasteiger charge is -2.01. The van der Waals surface area contributed by atoms with Crippen molar-refractivity contribution in [3.63, 3.8) is 0 Å². The fourth-order valence-corrected chi connectivity index (χ4v) is 1.61. The second-order valence-corrected chi connectivity index (χ2v) is 4.09. The van der Waals surface area contributed by atoms with Crippen LogP contribution in [0.2, 0.25) is 0 Å². The van der Waals surface area contributed by atoms with Crippen molar-refractivity contribution in [3.8, 4) is 11.3 Å². The second kappa shape index (κ2) is 4.67. The van der Waals surface area contributed by atoms with Crippen molar-refractivity contribution in [1.82, 2.24) is 5.16 Å². The smallest absolute Gasteiger partial charge is 0.154 e. The van der Waals surface area contributed by atoms with Gasteiger partial charge >= 0.3 is 0 Å². The minimum Gasteiger partial charge on any atom is -0.359 e. The highest BCUT2D eigenvalue weighted by Crippen LogP contribution is 2.24. The van der Waals surface area contributed by atoms with Crippen LogP contribution >= 0.6 is 0 Å². The third-order valence-corrected chi connectivity index (χ3v) is 2.79. The third-order valence-electron chi connectivity index (χ3n) is 2.79. The lowest BCUT2D eigenvalue weighted by Crippen LogP contribution is -2.06. The maximum absolute atomic E-state index is 13.1. The van der Waals surface area contributed by atoms with E-state index in [9.17, 15) is 4.39 Å². The van der Waals surface area contributed by atoms with Crippen LogP contribution in [-0.4, -0.2) is 5.16 Å². The van der Waals surface area contributed by atoms with Gasteiger partial charge in [-0.3, -0.25) is 0 Å². The van der Waals surface area contributed by atoms with E-state index in [1.54, 1.807) is 25.1 Å². The maximum Gasteiger partial charge on any atom is 0.154 e. The van der Waals surface area contributed by atoms with Gasteiger partial charge in [-0.05, 0) is 37.1 Å². The van der Waals surface area contributed by atoms with Crippen molar-refractivity contribution < 1.29 is 8.91 Å². The molecule has 1 unspecified atom stereocenters. The largest absolute Gasteiger partial charge is 0.359 e. The highest BCUT2D eigenvalue weighted by atomic mass is 19.1. The van der Waals surface area contributed by atoms with Crippen LogP contribution in [0.15, 0.2) is 28.8 Å². The highest BCUT2D eigenvalue weighted by Gasteiger charge is 2.12. The first-order valence-corrected chi connectivity index (χ1v) is 5.60. The zero-order valence-corrected chi connectivity index (χ0v) is 9.90. The van der Waals surface area contributed by atoms with Gasteiger partial charge in [-0.2, -0.15) is 0 Å². The quantitative estimate of drug-likeness (QED) is 0.887. The van der Waals surface area contributed by atoms with Crippen LogP contribution in [0.5, 0.6) is 0 Å². The van der Waals surface area contributed by atoms with Gasteiger partial charge in [0.2, 0.25) is 0 Å². The van der Waals surface area contributed by atoms with Gasteiger partial charge in [-0.1, -0.05) is 12.1 Å². The molecule has 17 heavy (non-hydrogen) atoms. The molecule has 1 heterocycles. The molecular formula is C13H15FN2O. The van der Waals surface area contributed by atoms with Crippen molar-refractivity contribution in [2.75, 3.05) is 0 Å². The molecular weight excluding hydrogens is 219 g/mol. The van der Waals surface area contributed by atoms with Gasteiger partial charge in [0, 0.05) is 11.6 Å².